The molecular formula is C17H14F3NO4. The number of rotatable bonds is 4. The minimum absolute atomic E-state index is 0.140. The number of esters is 1. The summed E-state index contributed by atoms with van der Waals surface area (Å²) in [6, 6.07) is 5.74. The van der Waals surface area contributed by atoms with Crippen molar-refractivity contribution < 1.29 is 32.6 Å². The Morgan fingerprint density at radius 2 is 1.80 bits per heavy atom. The molecule has 0 unspecified atom stereocenters. The number of carbonyl (C=O) groups is 2. The van der Waals surface area contributed by atoms with Crippen LogP contribution in [-0.4, -0.2) is 23.1 Å². The van der Waals surface area contributed by atoms with E-state index in [2.05, 4.69) is 0 Å². The lowest BCUT2D eigenvalue weighted by Crippen LogP contribution is -2.30. The number of phenolic OH excluding ortho intramolecular Hbond substituents is 1. The first-order valence-corrected chi connectivity index (χ1v) is 7.15. The molecule has 2 aromatic carbocycles. The first-order chi connectivity index (χ1) is 11.7. The van der Waals surface area contributed by atoms with Crippen molar-refractivity contribution in [2.24, 2.45) is 0 Å². The van der Waals surface area contributed by atoms with Crippen LogP contribution in [0.15, 0.2) is 30.3 Å². The van der Waals surface area contributed by atoms with Crippen molar-refractivity contribution in [2.45, 2.75) is 20.0 Å². The molecule has 8 heteroatoms. The number of hydrogen-bond donors (Lipinski definition) is 2. The van der Waals surface area contributed by atoms with E-state index in [4.69, 9.17) is 4.74 Å². The molecule has 1 amide bonds. The molecule has 0 aliphatic carbocycles. The summed E-state index contributed by atoms with van der Waals surface area (Å²) in [5.74, 6) is -6.94. The van der Waals surface area contributed by atoms with E-state index in [1.54, 1.807) is 13.0 Å². The number of aromatic hydroxyl groups is 1. The molecule has 2 rings (SSSR count). The minimum Gasteiger partial charge on any atom is -0.507 e. The molecule has 0 aliphatic rings. The Hall–Kier alpha value is -3.03. The molecule has 0 radical (unpaired) electrons. The first-order valence-electron chi connectivity index (χ1n) is 7.15. The molecule has 0 saturated heterocycles. The summed E-state index contributed by atoms with van der Waals surface area (Å²) in [4.78, 5) is 24.0. The lowest BCUT2D eigenvalue weighted by Gasteiger charge is -2.14. The molecule has 2 N–H and O–H groups in total. The predicted octanol–water partition coefficient (Wildman–Crippen LogP) is 3.30. The summed E-state index contributed by atoms with van der Waals surface area (Å²) >= 11 is 0. The highest BCUT2D eigenvalue weighted by molar-refractivity contribution is 5.98. The van der Waals surface area contributed by atoms with Crippen molar-refractivity contribution in [1.29, 1.82) is 0 Å². The molecule has 25 heavy (non-hydrogen) atoms. The Morgan fingerprint density at radius 3 is 2.48 bits per heavy atom. The number of halogens is 3. The smallest absolute Gasteiger partial charge is 0.342 e. The standard InChI is InChI=1S/C17H14F3NO4/c1-8-3-6-13(22)10(7-8)17(24)25-9(2)16(23)21-12-5-4-11(18)14(19)15(12)20/h3-7,9,22H,1-2H3,(H,21,23)/t9-/m0/s1. The number of amides is 1. The van der Waals surface area contributed by atoms with Crippen LogP contribution < -0.4 is 5.32 Å². The summed E-state index contributed by atoms with van der Waals surface area (Å²) in [7, 11) is 0. The van der Waals surface area contributed by atoms with Crippen LogP contribution in [0.25, 0.3) is 0 Å². The summed E-state index contributed by atoms with van der Waals surface area (Å²) in [5, 5.41) is 11.7. The summed E-state index contributed by atoms with van der Waals surface area (Å²) in [6.07, 6.45) is -1.38. The lowest BCUT2D eigenvalue weighted by atomic mass is 10.1. The number of ether oxygens (including phenoxy) is 1. The van der Waals surface area contributed by atoms with Gasteiger partial charge < -0.3 is 15.2 Å². The monoisotopic (exact) mass is 353 g/mol. The fourth-order valence-electron chi connectivity index (χ4n) is 1.95. The van der Waals surface area contributed by atoms with Crippen molar-refractivity contribution in [2.75, 3.05) is 5.32 Å². The van der Waals surface area contributed by atoms with E-state index < -0.39 is 41.1 Å². The molecule has 0 aromatic heterocycles. The van der Waals surface area contributed by atoms with Crippen LogP contribution in [0.5, 0.6) is 5.75 Å². The van der Waals surface area contributed by atoms with E-state index >= 15 is 0 Å². The molecule has 0 bridgehead atoms. The second kappa shape index (κ2) is 7.25. The molecule has 1 atom stereocenters. The van der Waals surface area contributed by atoms with Gasteiger partial charge in [0.05, 0.1) is 5.69 Å². The van der Waals surface area contributed by atoms with E-state index in [1.807, 2.05) is 5.32 Å². The fraction of sp³-hybridized carbons (Fsp3) is 0.176. The predicted molar refractivity (Wildman–Crippen MR) is 82.7 cm³/mol. The van der Waals surface area contributed by atoms with Crippen molar-refractivity contribution in [1.82, 2.24) is 0 Å². The Morgan fingerprint density at radius 1 is 1.12 bits per heavy atom. The average molecular weight is 353 g/mol. The van der Waals surface area contributed by atoms with Gasteiger partial charge in [-0.1, -0.05) is 11.6 Å². The molecule has 0 saturated carbocycles. The molecule has 5 nitrogen and oxygen atoms in total. The molecule has 0 aliphatic heterocycles. The van der Waals surface area contributed by atoms with Gasteiger partial charge in [0.2, 0.25) is 0 Å². The third kappa shape index (κ3) is 4.09. The second-order valence-electron chi connectivity index (χ2n) is 5.28. The Bertz CT molecular complexity index is 839. The van der Waals surface area contributed by atoms with E-state index in [1.165, 1.54) is 19.1 Å². The fourth-order valence-corrected chi connectivity index (χ4v) is 1.95. The van der Waals surface area contributed by atoms with Gasteiger partial charge in [0.1, 0.15) is 11.3 Å². The van der Waals surface area contributed by atoms with Crippen LogP contribution in [-0.2, 0) is 9.53 Å². The number of carbonyl (C=O) groups excluding carboxylic acids is 2. The van der Waals surface area contributed by atoms with Gasteiger partial charge in [-0.25, -0.2) is 18.0 Å². The number of aryl methyl sites for hydroxylation is 1. The number of phenols is 1. The average Bonchev–Trinajstić information content (AvgIpc) is 2.57. The third-order valence-corrected chi connectivity index (χ3v) is 3.32. The zero-order valence-electron chi connectivity index (χ0n) is 13.3. The van der Waals surface area contributed by atoms with Gasteiger partial charge in [-0.15, -0.1) is 0 Å². The van der Waals surface area contributed by atoms with E-state index in [-0.39, 0.29) is 11.3 Å². The molecule has 2 aromatic rings. The number of anilines is 1. The zero-order valence-corrected chi connectivity index (χ0v) is 13.3. The largest absolute Gasteiger partial charge is 0.507 e. The maximum absolute atomic E-state index is 13.5. The van der Waals surface area contributed by atoms with Gasteiger partial charge in [-0.3, -0.25) is 4.79 Å². The van der Waals surface area contributed by atoms with Crippen LogP contribution in [0.2, 0.25) is 0 Å². The van der Waals surface area contributed by atoms with Gasteiger partial charge >= 0.3 is 5.97 Å². The third-order valence-electron chi connectivity index (χ3n) is 3.32. The van der Waals surface area contributed by atoms with Crippen LogP contribution in [0, 0.1) is 24.4 Å². The topological polar surface area (TPSA) is 75.6 Å². The maximum atomic E-state index is 13.5. The lowest BCUT2D eigenvalue weighted by molar-refractivity contribution is -0.123. The summed E-state index contributed by atoms with van der Waals surface area (Å²) in [5.41, 5.74) is -0.0467. The SMILES string of the molecule is Cc1ccc(O)c(C(=O)O[C@@H](C)C(=O)Nc2ccc(F)c(F)c2F)c1. The van der Waals surface area contributed by atoms with E-state index in [0.717, 1.165) is 6.07 Å². The molecule has 0 heterocycles. The Labute approximate surface area is 141 Å². The van der Waals surface area contributed by atoms with Crippen molar-refractivity contribution in [3.05, 3.63) is 58.9 Å². The van der Waals surface area contributed by atoms with Gasteiger partial charge in [0, 0.05) is 0 Å². The first kappa shape index (κ1) is 18.3. The van der Waals surface area contributed by atoms with Crippen LogP contribution >= 0.6 is 0 Å². The molecule has 0 spiro atoms. The van der Waals surface area contributed by atoms with E-state index in [0.29, 0.717) is 11.6 Å². The number of nitrogens with one attached hydrogen (secondary N) is 1. The highest BCUT2D eigenvalue weighted by Gasteiger charge is 2.23. The Balaban J connectivity index is 2.09. The van der Waals surface area contributed by atoms with Crippen LogP contribution in [0.3, 0.4) is 0 Å². The molecular weight excluding hydrogens is 339 g/mol. The summed E-state index contributed by atoms with van der Waals surface area (Å²) in [6.45, 7) is 2.90. The zero-order chi connectivity index (χ0) is 18.7. The number of benzene rings is 2. The molecule has 0 fully saturated rings. The number of hydrogen-bond acceptors (Lipinski definition) is 4. The summed E-state index contributed by atoms with van der Waals surface area (Å²) < 4.78 is 44.4. The van der Waals surface area contributed by atoms with Gasteiger partial charge in [0.25, 0.3) is 5.91 Å². The van der Waals surface area contributed by atoms with Gasteiger partial charge in [-0.2, -0.15) is 0 Å². The quantitative estimate of drug-likeness (QED) is 0.653. The van der Waals surface area contributed by atoms with E-state index in [9.17, 15) is 27.9 Å². The van der Waals surface area contributed by atoms with Gasteiger partial charge in [0.15, 0.2) is 23.6 Å². The van der Waals surface area contributed by atoms with Crippen LogP contribution in [0.4, 0.5) is 18.9 Å². The van der Waals surface area contributed by atoms with Crippen molar-refractivity contribution >= 4 is 17.6 Å². The maximum Gasteiger partial charge on any atom is 0.342 e. The minimum atomic E-state index is -1.73. The van der Waals surface area contributed by atoms with Crippen LogP contribution in [0.1, 0.15) is 22.8 Å². The normalized spacial score (nSPS) is 11.7. The van der Waals surface area contributed by atoms with Gasteiger partial charge in [-0.05, 0) is 38.1 Å². The van der Waals surface area contributed by atoms with Crippen molar-refractivity contribution in [3.63, 3.8) is 0 Å². The highest BCUT2D eigenvalue weighted by Crippen LogP contribution is 2.21. The Kier molecular flexibility index (Phi) is 5.31. The second-order valence-corrected chi connectivity index (χ2v) is 5.28. The highest BCUT2D eigenvalue weighted by atomic mass is 19.2. The molecule has 132 valence electrons. The van der Waals surface area contributed by atoms with Crippen molar-refractivity contribution in [3.8, 4) is 5.75 Å².